The van der Waals surface area contributed by atoms with Crippen LogP contribution in [-0.4, -0.2) is 29.5 Å². The number of likely N-dealkylation sites (tertiary alicyclic amines) is 1. The molecular weight excluding hydrogens is 254 g/mol. The Morgan fingerprint density at radius 3 is 2.84 bits per heavy atom. The van der Waals surface area contributed by atoms with Gasteiger partial charge in [-0.05, 0) is 38.4 Å². The second-order valence-corrected chi connectivity index (χ2v) is 6.46. The molecule has 1 aliphatic heterocycles. The van der Waals surface area contributed by atoms with Crippen LogP contribution in [0.3, 0.4) is 0 Å². The van der Waals surface area contributed by atoms with E-state index in [-0.39, 0.29) is 0 Å². The molecule has 0 amide bonds. The van der Waals surface area contributed by atoms with Gasteiger partial charge in [-0.2, -0.15) is 0 Å². The van der Waals surface area contributed by atoms with E-state index in [1.807, 2.05) is 0 Å². The lowest BCUT2D eigenvalue weighted by Gasteiger charge is -2.31. The van der Waals surface area contributed by atoms with Gasteiger partial charge in [0, 0.05) is 18.5 Å². The maximum absolute atomic E-state index is 4.71. The van der Waals surface area contributed by atoms with E-state index < -0.39 is 0 Å². The van der Waals surface area contributed by atoms with Crippen molar-refractivity contribution in [3.8, 4) is 0 Å². The molecule has 2 rings (SSSR count). The number of nitrogens with zero attached hydrogens (tertiary/aromatic N) is 2. The first-order valence-electron chi connectivity index (χ1n) is 7.68. The molecule has 0 aromatic carbocycles. The van der Waals surface area contributed by atoms with Crippen LogP contribution >= 0.6 is 11.3 Å². The molecule has 1 saturated heterocycles. The van der Waals surface area contributed by atoms with Crippen molar-refractivity contribution in [1.82, 2.24) is 15.2 Å². The third-order valence-corrected chi connectivity index (χ3v) is 4.81. The van der Waals surface area contributed by atoms with Gasteiger partial charge in [-0.3, -0.25) is 4.90 Å². The van der Waals surface area contributed by atoms with Crippen molar-refractivity contribution >= 4 is 11.3 Å². The van der Waals surface area contributed by atoms with Crippen molar-refractivity contribution in [3.63, 3.8) is 0 Å². The molecule has 0 spiro atoms. The van der Waals surface area contributed by atoms with E-state index in [0.717, 1.165) is 25.6 Å². The van der Waals surface area contributed by atoms with Gasteiger partial charge in [-0.15, -0.1) is 11.3 Å². The monoisotopic (exact) mass is 281 g/mol. The number of thiazole rings is 1. The van der Waals surface area contributed by atoms with Crippen LogP contribution in [0.5, 0.6) is 0 Å². The van der Waals surface area contributed by atoms with Crippen molar-refractivity contribution in [2.75, 3.05) is 19.6 Å². The summed E-state index contributed by atoms with van der Waals surface area (Å²) in [5.74, 6) is 0.973. The molecule has 3 nitrogen and oxygen atoms in total. The van der Waals surface area contributed by atoms with Gasteiger partial charge in [0.2, 0.25) is 0 Å². The molecule has 0 aliphatic carbocycles. The maximum Gasteiger partial charge on any atom is 0.107 e. The lowest BCUT2D eigenvalue weighted by molar-refractivity contribution is 0.170. The van der Waals surface area contributed by atoms with Crippen molar-refractivity contribution in [2.24, 2.45) is 5.92 Å². The normalized spacial score (nSPS) is 18.0. The van der Waals surface area contributed by atoms with E-state index in [1.54, 1.807) is 11.3 Å². The topological polar surface area (TPSA) is 28.2 Å². The standard InChI is InChI=1S/C15H27N3S/c1-3-5-13-6-8-18(9-7-13)11-14-12-19-15(17-14)10-16-4-2/h12-13,16H,3-11H2,1-2H3. The number of aromatic nitrogens is 1. The summed E-state index contributed by atoms with van der Waals surface area (Å²) < 4.78 is 0. The van der Waals surface area contributed by atoms with Crippen LogP contribution in [0.1, 0.15) is 50.2 Å². The van der Waals surface area contributed by atoms with E-state index in [0.29, 0.717) is 0 Å². The minimum absolute atomic E-state index is 0.916. The molecule has 0 atom stereocenters. The highest BCUT2D eigenvalue weighted by Gasteiger charge is 2.19. The Morgan fingerprint density at radius 1 is 1.37 bits per heavy atom. The second kappa shape index (κ2) is 7.98. The molecule has 1 aromatic rings. The van der Waals surface area contributed by atoms with Crippen LogP contribution in [0.4, 0.5) is 0 Å². The first kappa shape index (κ1) is 14.9. The molecule has 108 valence electrons. The SMILES string of the molecule is CCCC1CCN(Cc2csc(CNCC)n2)CC1. The molecule has 1 N–H and O–H groups in total. The number of rotatable bonds is 7. The van der Waals surface area contributed by atoms with Crippen LogP contribution in [0, 0.1) is 5.92 Å². The zero-order chi connectivity index (χ0) is 13.5. The minimum Gasteiger partial charge on any atom is -0.311 e. The molecule has 19 heavy (non-hydrogen) atoms. The summed E-state index contributed by atoms with van der Waals surface area (Å²) in [6.45, 7) is 9.92. The van der Waals surface area contributed by atoms with Crippen LogP contribution in [0.2, 0.25) is 0 Å². The summed E-state index contributed by atoms with van der Waals surface area (Å²) in [4.78, 5) is 7.28. The molecule has 1 fully saturated rings. The fourth-order valence-corrected chi connectivity index (χ4v) is 3.56. The smallest absolute Gasteiger partial charge is 0.107 e. The van der Waals surface area contributed by atoms with Crippen LogP contribution in [-0.2, 0) is 13.1 Å². The van der Waals surface area contributed by atoms with Crippen molar-refractivity contribution in [3.05, 3.63) is 16.1 Å². The lowest BCUT2D eigenvalue weighted by Crippen LogP contribution is -2.33. The van der Waals surface area contributed by atoms with Gasteiger partial charge in [-0.25, -0.2) is 4.98 Å². The predicted octanol–water partition coefficient (Wildman–Crippen LogP) is 3.26. The molecule has 0 bridgehead atoms. The summed E-state index contributed by atoms with van der Waals surface area (Å²) in [5.41, 5.74) is 1.26. The minimum atomic E-state index is 0.916. The average molecular weight is 281 g/mol. The summed E-state index contributed by atoms with van der Waals surface area (Å²) in [5, 5.41) is 6.78. The molecular formula is C15H27N3S. The van der Waals surface area contributed by atoms with Crippen LogP contribution < -0.4 is 5.32 Å². The Morgan fingerprint density at radius 2 is 2.16 bits per heavy atom. The fourth-order valence-electron chi connectivity index (χ4n) is 2.81. The zero-order valence-electron chi connectivity index (χ0n) is 12.3. The Labute approximate surface area is 121 Å². The quantitative estimate of drug-likeness (QED) is 0.831. The molecule has 4 heteroatoms. The predicted molar refractivity (Wildman–Crippen MR) is 82.4 cm³/mol. The maximum atomic E-state index is 4.71. The van der Waals surface area contributed by atoms with Crippen LogP contribution in [0.25, 0.3) is 0 Å². The number of nitrogens with one attached hydrogen (secondary N) is 1. The van der Waals surface area contributed by atoms with Gasteiger partial charge in [0.25, 0.3) is 0 Å². The molecule has 0 radical (unpaired) electrons. The number of hydrogen-bond donors (Lipinski definition) is 1. The van der Waals surface area contributed by atoms with Gasteiger partial charge >= 0.3 is 0 Å². The third kappa shape index (κ3) is 4.86. The average Bonchev–Trinajstić information content (AvgIpc) is 2.87. The highest BCUT2D eigenvalue weighted by Crippen LogP contribution is 2.23. The first-order chi connectivity index (χ1) is 9.31. The van der Waals surface area contributed by atoms with Gasteiger partial charge in [-0.1, -0.05) is 26.7 Å². The summed E-state index contributed by atoms with van der Waals surface area (Å²) in [6, 6.07) is 0. The first-order valence-corrected chi connectivity index (χ1v) is 8.56. The highest BCUT2D eigenvalue weighted by molar-refractivity contribution is 7.09. The Hall–Kier alpha value is -0.450. The lowest BCUT2D eigenvalue weighted by atomic mass is 9.92. The van der Waals surface area contributed by atoms with E-state index in [1.165, 1.54) is 49.5 Å². The summed E-state index contributed by atoms with van der Waals surface area (Å²) in [7, 11) is 0. The Bertz CT molecular complexity index is 356. The Balaban J connectivity index is 1.74. The molecule has 0 unspecified atom stereocenters. The van der Waals surface area contributed by atoms with E-state index in [9.17, 15) is 0 Å². The number of hydrogen-bond acceptors (Lipinski definition) is 4. The molecule has 0 saturated carbocycles. The molecule has 1 aliphatic rings. The fraction of sp³-hybridized carbons (Fsp3) is 0.800. The number of piperidine rings is 1. The largest absolute Gasteiger partial charge is 0.311 e. The van der Waals surface area contributed by atoms with Crippen LogP contribution in [0.15, 0.2) is 5.38 Å². The van der Waals surface area contributed by atoms with Gasteiger partial charge < -0.3 is 5.32 Å². The molecule has 2 heterocycles. The van der Waals surface area contributed by atoms with E-state index in [4.69, 9.17) is 4.98 Å². The van der Waals surface area contributed by atoms with E-state index in [2.05, 4.69) is 29.4 Å². The highest BCUT2D eigenvalue weighted by atomic mass is 32.1. The van der Waals surface area contributed by atoms with Crippen molar-refractivity contribution < 1.29 is 0 Å². The van der Waals surface area contributed by atoms with E-state index >= 15 is 0 Å². The molecule has 1 aromatic heterocycles. The Kier molecular flexibility index (Phi) is 6.28. The van der Waals surface area contributed by atoms with Gasteiger partial charge in [0.1, 0.15) is 5.01 Å². The van der Waals surface area contributed by atoms with Crippen molar-refractivity contribution in [2.45, 2.75) is 52.6 Å². The zero-order valence-corrected chi connectivity index (χ0v) is 13.1. The third-order valence-electron chi connectivity index (χ3n) is 3.92. The summed E-state index contributed by atoms with van der Waals surface area (Å²) >= 11 is 1.79. The van der Waals surface area contributed by atoms with Gasteiger partial charge in [0.05, 0.1) is 5.69 Å². The van der Waals surface area contributed by atoms with Crippen molar-refractivity contribution in [1.29, 1.82) is 0 Å². The summed E-state index contributed by atoms with van der Waals surface area (Å²) in [6.07, 6.45) is 5.51. The second-order valence-electron chi connectivity index (χ2n) is 5.52. The van der Waals surface area contributed by atoms with Gasteiger partial charge in [0.15, 0.2) is 0 Å².